The molecule has 2 aliphatic rings. The highest BCUT2D eigenvalue weighted by Crippen LogP contribution is 2.27. The van der Waals surface area contributed by atoms with E-state index >= 15 is 0 Å². The van der Waals surface area contributed by atoms with Crippen molar-refractivity contribution in [1.82, 2.24) is 14.0 Å². The monoisotopic (exact) mass is 406 g/mol. The van der Waals surface area contributed by atoms with E-state index in [9.17, 15) is 9.90 Å². The van der Waals surface area contributed by atoms with Crippen LogP contribution in [0.1, 0.15) is 25.0 Å². The third-order valence-electron chi connectivity index (χ3n) is 6.68. The summed E-state index contributed by atoms with van der Waals surface area (Å²) in [5, 5.41) is 12.9. The highest BCUT2D eigenvalue weighted by atomic mass is 16.3. The van der Waals surface area contributed by atoms with Gasteiger partial charge in [-0.05, 0) is 43.7 Å². The Morgan fingerprint density at radius 2 is 1.63 bits per heavy atom. The van der Waals surface area contributed by atoms with Gasteiger partial charge in [0.25, 0.3) is 0 Å². The highest BCUT2D eigenvalue weighted by molar-refractivity contribution is 5.94. The second kappa shape index (κ2) is 8.19. The summed E-state index contributed by atoms with van der Waals surface area (Å²) in [7, 11) is 0. The van der Waals surface area contributed by atoms with Crippen LogP contribution in [-0.2, 0) is 19.5 Å². The van der Waals surface area contributed by atoms with Crippen LogP contribution in [0, 0.1) is 0 Å². The number of nitrogens with zero attached hydrogens (tertiary/aromatic N) is 4. The van der Waals surface area contributed by atoms with Crippen molar-refractivity contribution >= 4 is 16.5 Å². The average Bonchev–Trinajstić information content (AvgIpc) is 3.36. The molecule has 0 radical (unpaired) electrons. The molecule has 5 rings (SSSR count). The Balaban J connectivity index is 1.12. The summed E-state index contributed by atoms with van der Waals surface area (Å²) in [5.74, 6) is 0.196. The molecular weight excluding hydrogens is 376 g/mol. The number of hydrogen-bond donors (Lipinski definition) is 1. The Kier molecular flexibility index (Phi) is 5.25. The molecule has 0 saturated carbocycles. The van der Waals surface area contributed by atoms with Crippen molar-refractivity contribution in [3.8, 4) is 5.88 Å². The van der Waals surface area contributed by atoms with Gasteiger partial charge in [-0.1, -0.05) is 36.4 Å². The van der Waals surface area contributed by atoms with Crippen LogP contribution in [0.2, 0.25) is 0 Å². The van der Waals surface area contributed by atoms with Crippen LogP contribution in [0.3, 0.4) is 0 Å². The molecule has 1 saturated heterocycles. The van der Waals surface area contributed by atoms with Gasteiger partial charge in [-0.3, -0.25) is 14.0 Å². The van der Waals surface area contributed by atoms with Crippen molar-refractivity contribution in [1.29, 1.82) is 0 Å². The molecule has 1 N–H and O–H groups in total. The Bertz CT molecular complexity index is 1090. The van der Waals surface area contributed by atoms with Gasteiger partial charge < -0.3 is 10.0 Å². The number of benzene rings is 2. The minimum Gasteiger partial charge on any atom is -0.493 e. The normalized spacial score (nSPS) is 17.0. The summed E-state index contributed by atoms with van der Waals surface area (Å²) >= 11 is 0. The van der Waals surface area contributed by atoms with Crippen molar-refractivity contribution in [2.45, 2.75) is 38.8 Å². The van der Waals surface area contributed by atoms with Crippen LogP contribution in [0.15, 0.2) is 47.3 Å². The van der Waals surface area contributed by atoms with Crippen molar-refractivity contribution in [3.63, 3.8) is 0 Å². The standard InChI is InChI=1S/C24H30N4O2/c29-23-22-11-6-14-27(22)24(30)28(23)13-4-3-12-25-15-17-26(18-16-25)21-10-5-8-19-7-1-2-9-20(19)21/h1-2,5,7-10,29H,3-4,6,11-18H2. The van der Waals surface area contributed by atoms with Gasteiger partial charge in [0, 0.05) is 50.3 Å². The van der Waals surface area contributed by atoms with Crippen LogP contribution >= 0.6 is 0 Å². The van der Waals surface area contributed by atoms with E-state index in [1.807, 2.05) is 0 Å². The lowest BCUT2D eigenvalue weighted by Crippen LogP contribution is -2.46. The highest BCUT2D eigenvalue weighted by Gasteiger charge is 2.23. The van der Waals surface area contributed by atoms with Gasteiger partial charge in [-0.15, -0.1) is 0 Å². The molecule has 1 fully saturated rings. The Labute approximate surface area is 176 Å². The Morgan fingerprint density at radius 1 is 0.867 bits per heavy atom. The number of fused-ring (bicyclic) bond motifs is 2. The molecule has 2 aromatic carbocycles. The van der Waals surface area contributed by atoms with E-state index in [-0.39, 0.29) is 11.6 Å². The molecule has 0 unspecified atom stereocenters. The Morgan fingerprint density at radius 3 is 2.47 bits per heavy atom. The first-order valence-corrected chi connectivity index (χ1v) is 11.2. The predicted octanol–water partition coefficient (Wildman–Crippen LogP) is 3.06. The lowest BCUT2D eigenvalue weighted by Gasteiger charge is -2.36. The van der Waals surface area contributed by atoms with Gasteiger partial charge in [-0.25, -0.2) is 4.79 Å². The fourth-order valence-corrected chi connectivity index (χ4v) is 5.01. The maximum absolute atomic E-state index is 12.4. The van der Waals surface area contributed by atoms with E-state index in [1.165, 1.54) is 16.5 Å². The third kappa shape index (κ3) is 3.49. The zero-order chi connectivity index (χ0) is 20.5. The molecule has 0 aliphatic carbocycles. The molecule has 3 heterocycles. The van der Waals surface area contributed by atoms with Crippen molar-refractivity contribution in [2.75, 3.05) is 37.6 Å². The van der Waals surface area contributed by atoms with Crippen LogP contribution in [0.5, 0.6) is 5.88 Å². The molecule has 1 aromatic heterocycles. The first kappa shape index (κ1) is 19.2. The average molecular weight is 407 g/mol. The van der Waals surface area contributed by atoms with Gasteiger partial charge in [0.05, 0.1) is 5.69 Å². The first-order chi connectivity index (χ1) is 14.7. The van der Waals surface area contributed by atoms with Gasteiger partial charge in [0.15, 0.2) is 0 Å². The fourth-order valence-electron chi connectivity index (χ4n) is 5.01. The summed E-state index contributed by atoms with van der Waals surface area (Å²) in [6.07, 6.45) is 3.74. The van der Waals surface area contributed by atoms with Crippen molar-refractivity contribution in [3.05, 3.63) is 58.6 Å². The lowest BCUT2D eigenvalue weighted by atomic mass is 10.1. The lowest BCUT2D eigenvalue weighted by molar-refractivity contribution is 0.250. The Hall–Kier alpha value is -2.73. The number of piperazine rings is 1. The van der Waals surface area contributed by atoms with Crippen LogP contribution in [0.4, 0.5) is 5.69 Å². The fraction of sp³-hybridized carbons (Fsp3) is 0.458. The second-order valence-corrected chi connectivity index (χ2v) is 8.49. The first-order valence-electron chi connectivity index (χ1n) is 11.2. The third-order valence-corrected chi connectivity index (χ3v) is 6.68. The number of aromatic nitrogens is 2. The summed E-state index contributed by atoms with van der Waals surface area (Å²) in [6.45, 7) is 6.62. The smallest absolute Gasteiger partial charge is 0.331 e. The van der Waals surface area contributed by atoms with E-state index in [4.69, 9.17) is 0 Å². The molecule has 3 aromatic rings. The quantitative estimate of drug-likeness (QED) is 0.640. The van der Waals surface area contributed by atoms with E-state index in [0.29, 0.717) is 6.54 Å². The zero-order valence-electron chi connectivity index (χ0n) is 17.5. The number of unbranched alkanes of at least 4 members (excludes halogenated alkanes) is 1. The van der Waals surface area contributed by atoms with Gasteiger partial charge in [0.1, 0.15) is 0 Å². The number of anilines is 1. The van der Waals surface area contributed by atoms with E-state index in [2.05, 4.69) is 52.3 Å². The molecule has 2 aliphatic heterocycles. The predicted molar refractivity (Wildman–Crippen MR) is 121 cm³/mol. The summed E-state index contributed by atoms with van der Waals surface area (Å²) in [4.78, 5) is 17.4. The number of rotatable bonds is 6. The minimum absolute atomic E-state index is 0.0382. The van der Waals surface area contributed by atoms with Crippen molar-refractivity contribution in [2.24, 2.45) is 0 Å². The molecule has 0 atom stereocenters. The summed E-state index contributed by atoms with van der Waals surface area (Å²) < 4.78 is 3.30. The van der Waals surface area contributed by atoms with Crippen LogP contribution < -0.4 is 10.6 Å². The molecule has 30 heavy (non-hydrogen) atoms. The molecule has 0 bridgehead atoms. The van der Waals surface area contributed by atoms with Gasteiger partial charge >= 0.3 is 5.69 Å². The van der Waals surface area contributed by atoms with Crippen LogP contribution in [-0.4, -0.2) is 51.9 Å². The molecule has 0 amide bonds. The maximum atomic E-state index is 12.4. The van der Waals surface area contributed by atoms with Crippen molar-refractivity contribution < 1.29 is 5.11 Å². The molecule has 6 heteroatoms. The maximum Gasteiger partial charge on any atom is 0.331 e. The van der Waals surface area contributed by atoms with E-state index in [0.717, 1.165) is 70.6 Å². The van der Waals surface area contributed by atoms with E-state index < -0.39 is 0 Å². The number of imidazole rings is 1. The number of hydrogen-bond acceptors (Lipinski definition) is 4. The van der Waals surface area contributed by atoms with Gasteiger partial charge in [-0.2, -0.15) is 0 Å². The molecule has 0 spiro atoms. The minimum atomic E-state index is -0.0382. The summed E-state index contributed by atoms with van der Waals surface area (Å²) in [6, 6.07) is 15.2. The van der Waals surface area contributed by atoms with Crippen LogP contribution in [0.25, 0.3) is 10.8 Å². The van der Waals surface area contributed by atoms with Gasteiger partial charge in [0.2, 0.25) is 5.88 Å². The molecular formula is C24H30N4O2. The van der Waals surface area contributed by atoms with E-state index in [1.54, 1.807) is 9.13 Å². The second-order valence-electron chi connectivity index (χ2n) is 8.49. The number of aromatic hydroxyl groups is 1. The topological polar surface area (TPSA) is 53.6 Å². The SMILES string of the molecule is O=c1n(CCCCN2CCN(c3cccc4ccccc34)CC2)c(O)c2n1CCC2. The summed E-state index contributed by atoms with van der Waals surface area (Å²) in [5.41, 5.74) is 2.12. The largest absolute Gasteiger partial charge is 0.493 e. The molecule has 158 valence electrons. The molecule has 6 nitrogen and oxygen atoms in total. The zero-order valence-corrected chi connectivity index (χ0v) is 17.5.